The van der Waals surface area contributed by atoms with Crippen molar-refractivity contribution in [3.05, 3.63) is 48.4 Å². The van der Waals surface area contributed by atoms with Gasteiger partial charge in [0, 0.05) is 0 Å². The van der Waals surface area contributed by atoms with Gasteiger partial charge in [0.05, 0.1) is 0 Å². The van der Waals surface area contributed by atoms with Crippen molar-refractivity contribution < 1.29 is 32.7 Å². The van der Waals surface area contributed by atoms with E-state index in [1.54, 1.807) is 0 Å². The average Bonchev–Trinajstić information content (AvgIpc) is 2.08. The molecule has 0 aliphatic rings. The summed E-state index contributed by atoms with van der Waals surface area (Å²) in [6.45, 7) is 10.4. The van der Waals surface area contributed by atoms with Crippen LogP contribution in [0.25, 0.3) is 5.73 Å². The first kappa shape index (κ1) is 20.5. The summed E-state index contributed by atoms with van der Waals surface area (Å²) in [5.41, 5.74) is 14.6. The fraction of sp³-hybridized carbons (Fsp3) is 0.385. The predicted octanol–water partition coefficient (Wildman–Crippen LogP) is 4.81. The van der Waals surface area contributed by atoms with Crippen LogP contribution in [0.2, 0.25) is 0 Å². The summed E-state index contributed by atoms with van der Waals surface area (Å²) in [5.74, 6) is 0. The van der Waals surface area contributed by atoms with E-state index in [2.05, 4.69) is 20.8 Å². The Labute approximate surface area is 121 Å². The first-order valence-corrected chi connectivity index (χ1v) is 4.25. The molecule has 1 rings (SSSR count). The zero-order chi connectivity index (χ0) is 9.46. The molecule has 2 heteroatoms. The zero-order valence-electron chi connectivity index (χ0n) is 11.1. The van der Waals surface area contributed by atoms with Gasteiger partial charge in [0.25, 0.3) is 0 Å². The van der Waals surface area contributed by atoms with E-state index in [-0.39, 0.29) is 47.6 Å². The average molecular weight is 281 g/mol. The second kappa shape index (κ2) is 7.41. The van der Waals surface area contributed by atoms with Crippen molar-refractivity contribution in [3.63, 3.8) is 0 Å². The topological polar surface area (TPSA) is 23.8 Å². The first-order chi connectivity index (χ1) is 5.46. The van der Waals surface area contributed by atoms with E-state index in [9.17, 15) is 0 Å². The van der Waals surface area contributed by atoms with Crippen molar-refractivity contribution in [1.29, 1.82) is 0 Å². The molecule has 0 atom stereocenters. The van der Waals surface area contributed by atoms with Gasteiger partial charge in [-0.2, -0.15) is 0 Å². The van der Waals surface area contributed by atoms with Gasteiger partial charge in [-0.05, 0) is 51.3 Å². The Bertz CT molecular complexity index is 225. The van der Waals surface area contributed by atoms with Crippen LogP contribution in [0.4, 0.5) is 5.69 Å². The summed E-state index contributed by atoms with van der Waals surface area (Å²) >= 11 is 0. The van der Waals surface area contributed by atoms with Gasteiger partial charge in [0.2, 0.25) is 0 Å². The molecule has 82 valence electrons. The molecule has 1 nitrogen and oxygen atoms in total. The molecule has 0 heterocycles. The van der Waals surface area contributed by atoms with Crippen LogP contribution >= 0.6 is 0 Å². The van der Waals surface area contributed by atoms with Crippen LogP contribution in [0.5, 0.6) is 0 Å². The van der Waals surface area contributed by atoms with Crippen LogP contribution in [-0.2, 0) is 32.7 Å². The number of benzene rings is 1. The van der Waals surface area contributed by atoms with Gasteiger partial charge < -0.3 is 20.6 Å². The Morgan fingerprint density at radius 2 is 0.800 bits per heavy atom. The van der Waals surface area contributed by atoms with E-state index < -0.39 is 0 Å². The zero-order valence-corrected chi connectivity index (χ0v) is 13.9. The smallest absolute Gasteiger partial charge is 0.698 e. The van der Waals surface area contributed by atoms with E-state index in [1.807, 2.05) is 13.8 Å². The summed E-state index contributed by atoms with van der Waals surface area (Å²) in [5, 5.41) is 0. The summed E-state index contributed by atoms with van der Waals surface area (Å²) in [6, 6.07) is 0. The van der Waals surface area contributed by atoms with Gasteiger partial charge in [0.15, 0.2) is 0 Å². The minimum absolute atomic E-state index is 0. The van der Waals surface area contributed by atoms with Crippen molar-refractivity contribution in [3.8, 4) is 0 Å². The molecule has 0 aliphatic carbocycles. The molecular formula is C13H22NY. The normalized spacial score (nSPS) is 8.33. The van der Waals surface area contributed by atoms with Gasteiger partial charge in [-0.3, -0.25) is 0 Å². The van der Waals surface area contributed by atoms with Crippen LogP contribution in [0.15, 0.2) is 0 Å². The van der Waals surface area contributed by atoms with Crippen molar-refractivity contribution in [2.75, 3.05) is 0 Å². The Morgan fingerprint density at radius 1 is 0.600 bits per heavy atom. The van der Waals surface area contributed by atoms with Crippen LogP contribution in [-0.4, -0.2) is 0 Å². The molecule has 15 heavy (non-hydrogen) atoms. The minimum Gasteiger partial charge on any atom is -0.698 e. The quantitative estimate of drug-likeness (QED) is 0.609. The molecule has 0 spiro atoms. The maximum absolute atomic E-state index is 7.82. The molecule has 1 aromatic carbocycles. The summed E-state index contributed by atoms with van der Waals surface area (Å²) < 4.78 is 0. The van der Waals surface area contributed by atoms with Gasteiger partial charge in [-0.1, -0.05) is 11.1 Å². The molecule has 0 amide bonds. The summed E-state index contributed by atoms with van der Waals surface area (Å²) in [6.07, 6.45) is 0. The van der Waals surface area contributed by atoms with Crippen molar-refractivity contribution in [1.82, 2.24) is 0 Å². The second-order valence-electron chi connectivity index (χ2n) is 3.50. The van der Waals surface area contributed by atoms with Gasteiger partial charge in [0.1, 0.15) is 0 Å². The molecular weight excluding hydrogens is 259 g/mol. The standard InChI is InChI=1S/C11H16N.2CH3.Y/c1-6-7(2)9(4)11(12)10(5)8(6)3;;;/h12H,1-5H3;2*1H3;/q3*-1;+3. The molecule has 0 unspecified atom stereocenters. The molecule has 0 saturated carbocycles. The van der Waals surface area contributed by atoms with Crippen molar-refractivity contribution in [2.45, 2.75) is 34.6 Å². The molecule has 1 N–H and O–H groups in total. The van der Waals surface area contributed by atoms with E-state index in [4.69, 9.17) is 5.73 Å². The monoisotopic (exact) mass is 281 g/mol. The molecule has 0 bridgehead atoms. The van der Waals surface area contributed by atoms with Gasteiger partial charge in [-0.25, -0.2) is 0 Å². The maximum atomic E-state index is 7.82. The Balaban J connectivity index is -0.000000480. The van der Waals surface area contributed by atoms with E-state index in [1.165, 1.54) is 16.7 Å². The molecule has 1 aromatic rings. The van der Waals surface area contributed by atoms with Gasteiger partial charge in [-0.15, -0.1) is 5.69 Å². The predicted molar refractivity (Wildman–Crippen MR) is 66.9 cm³/mol. The fourth-order valence-corrected chi connectivity index (χ4v) is 1.50. The third kappa shape index (κ3) is 3.57. The number of hydrogen-bond acceptors (Lipinski definition) is 0. The molecule has 0 radical (unpaired) electrons. The largest absolute Gasteiger partial charge is 3.00 e. The third-order valence-electron chi connectivity index (χ3n) is 3.00. The van der Waals surface area contributed by atoms with Crippen molar-refractivity contribution in [2.24, 2.45) is 0 Å². The minimum atomic E-state index is 0. The van der Waals surface area contributed by atoms with E-state index in [0.717, 1.165) is 11.1 Å². The maximum Gasteiger partial charge on any atom is 3.00 e. The SMILES string of the molecule is Cc1c(C)c(C)c([NH-])c(C)c1C.[CH3-].[CH3-].[Y+3]. The van der Waals surface area contributed by atoms with E-state index in [0.29, 0.717) is 5.69 Å². The third-order valence-corrected chi connectivity index (χ3v) is 3.00. The van der Waals surface area contributed by atoms with Crippen LogP contribution in [0.1, 0.15) is 27.8 Å². The van der Waals surface area contributed by atoms with Crippen LogP contribution in [0, 0.1) is 49.5 Å². The number of hydrogen-bond donors (Lipinski definition) is 0. The number of rotatable bonds is 0. The fourth-order valence-electron chi connectivity index (χ4n) is 1.50. The summed E-state index contributed by atoms with van der Waals surface area (Å²) in [4.78, 5) is 0. The molecule has 0 fully saturated rings. The Morgan fingerprint density at radius 3 is 1.07 bits per heavy atom. The molecule has 0 aromatic heterocycles. The van der Waals surface area contributed by atoms with E-state index >= 15 is 0 Å². The second-order valence-corrected chi connectivity index (χ2v) is 3.50. The van der Waals surface area contributed by atoms with Gasteiger partial charge >= 0.3 is 32.7 Å². The summed E-state index contributed by atoms with van der Waals surface area (Å²) in [7, 11) is 0. The molecule has 0 aliphatic heterocycles. The Hall–Kier alpha value is 0.124. The first-order valence-electron chi connectivity index (χ1n) is 4.25. The van der Waals surface area contributed by atoms with Crippen LogP contribution < -0.4 is 0 Å². The van der Waals surface area contributed by atoms with Crippen molar-refractivity contribution >= 4 is 5.69 Å². The molecule has 0 saturated heterocycles. The number of nitrogens with one attached hydrogen (secondary N) is 1. The van der Waals surface area contributed by atoms with Crippen LogP contribution in [0.3, 0.4) is 0 Å². The Kier molecular flexibility index (Phi) is 10.1.